The average molecular weight is 791 g/mol. The van der Waals surface area contributed by atoms with Crippen LogP contribution in [0.5, 0.6) is 0 Å². The van der Waals surface area contributed by atoms with Gasteiger partial charge in [0.2, 0.25) is 0 Å². The third-order valence-corrected chi connectivity index (χ3v) is 13.2. The highest BCUT2D eigenvalue weighted by Gasteiger charge is 2.53. The van der Waals surface area contributed by atoms with E-state index >= 15 is 0 Å². The summed E-state index contributed by atoms with van der Waals surface area (Å²) in [7, 11) is 0. The second-order valence-electron chi connectivity index (χ2n) is 16.3. The zero-order chi connectivity index (χ0) is 40.8. The number of rotatable bonds is 6. The van der Waals surface area contributed by atoms with Gasteiger partial charge in [-0.1, -0.05) is 164 Å². The quantitative estimate of drug-likeness (QED) is 0.167. The van der Waals surface area contributed by atoms with E-state index in [1.165, 1.54) is 55.3 Å². The smallest absolute Gasteiger partial charge is 0.137 e. The van der Waals surface area contributed by atoms with E-state index in [2.05, 4.69) is 234 Å². The highest BCUT2D eigenvalue weighted by atomic mass is 16.3. The van der Waals surface area contributed by atoms with Gasteiger partial charge in [-0.15, -0.1) is 0 Å². The van der Waals surface area contributed by atoms with Crippen molar-refractivity contribution in [1.29, 1.82) is 0 Å². The Morgan fingerprint density at radius 1 is 0.323 bits per heavy atom. The van der Waals surface area contributed by atoms with E-state index < -0.39 is 5.41 Å². The molecule has 0 saturated carbocycles. The Kier molecular flexibility index (Phi) is 7.52. The van der Waals surface area contributed by atoms with Crippen LogP contribution in [0.3, 0.4) is 0 Å². The maximum Gasteiger partial charge on any atom is 0.137 e. The Labute approximate surface area is 360 Å². The summed E-state index contributed by atoms with van der Waals surface area (Å²) < 4.78 is 6.51. The molecular formula is C59H38N2O. The summed E-state index contributed by atoms with van der Waals surface area (Å²) >= 11 is 0. The van der Waals surface area contributed by atoms with E-state index in [1.54, 1.807) is 0 Å². The van der Waals surface area contributed by atoms with Crippen LogP contribution in [-0.4, -0.2) is 0 Å². The predicted molar refractivity (Wildman–Crippen MR) is 257 cm³/mol. The van der Waals surface area contributed by atoms with Crippen molar-refractivity contribution in [2.75, 3.05) is 9.80 Å². The molecule has 3 heteroatoms. The molecule has 2 aliphatic rings. The van der Waals surface area contributed by atoms with Crippen molar-refractivity contribution in [2.45, 2.75) is 5.41 Å². The summed E-state index contributed by atoms with van der Waals surface area (Å²) in [6, 6.07) is 84.0. The molecule has 3 nitrogen and oxygen atoms in total. The Hall–Kier alpha value is -8.14. The van der Waals surface area contributed by atoms with Crippen LogP contribution in [0.15, 0.2) is 235 Å². The van der Waals surface area contributed by atoms with Crippen LogP contribution in [0.2, 0.25) is 0 Å². The van der Waals surface area contributed by atoms with E-state index in [1.807, 2.05) is 6.07 Å². The monoisotopic (exact) mass is 790 g/mol. The molecule has 0 bridgehead atoms. The topological polar surface area (TPSA) is 19.6 Å². The summed E-state index contributed by atoms with van der Waals surface area (Å²) in [6.07, 6.45) is 0. The largest absolute Gasteiger partial charge is 0.456 e. The number of nitrogens with zero attached hydrogens (tertiary/aromatic N) is 2. The minimum absolute atomic E-state index is 0.590. The van der Waals surface area contributed by atoms with Gasteiger partial charge in [0.25, 0.3) is 0 Å². The minimum Gasteiger partial charge on any atom is -0.456 e. The maximum absolute atomic E-state index is 6.51. The molecule has 0 N–H and O–H groups in total. The first kappa shape index (κ1) is 34.7. The number of hydrogen-bond donors (Lipinski definition) is 0. The molecule has 11 aromatic rings. The van der Waals surface area contributed by atoms with E-state index in [4.69, 9.17) is 4.42 Å². The standard InChI is InChI=1S/C59H38N2O/c1-4-20-39(21-5-1)60(40-22-6-2-7-23-40)53-38-47-42-26-12-15-31-48(42)59(58(47)44-28-11-10-27-43(44)53)49-32-16-13-29-45(49)56-50(59)33-18-34-51(56)61(41-24-8-3-9-25-41)52-35-19-37-55-57(52)46-30-14-17-36-54(46)62-55/h1-38H. The molecule has 1 unspecified atom stereocenters. The first-order valence-electron chi connectivity index (χ1n) is 21.4. The highest BCUT2D eigenvalue weighted by Crippen LogP contribution is 2.67. The Morgan fingerprint density at radius 3 is 1.53 bits per heavy atom. The van der Waals surface area contributed by atoms with E-state index in [9.17, 15) is 0 Å². The molecule has 0 radical (unpaired) electrons. The molecule has 0 saturated heterocycles. The van der Waals surface area contributed by atoms with Gasteiger partial charge < -0.3 is 14.2 Å². The van der Waals surface area contributed by atoms with Gasteiger partial charge in [-0.05, 0) is 111 Å². The van der Waals surface area contributed by atoms with Gasteiger partial charge in [-0.3, -0.25) is 0 Å². The van der Waals surface area contributed by atoms with Gasteiger partial charge in [0, 0.05) is 33.4 Å². The van der Waals surface area contributed by atoms with Crippen LogP contribution in [0, 0.1) is 0 Å². The number of benzene rings is 10. The fourth-order valence-electron chi connectivity index (χ4n) is 10.9. The van der Waals surface area contributed by atoms with Crippen LogP contribution in [0.25, 0.3) is 55.0 Å². The first-order chi connectivity index (χ1) is 30.8. The molecule has 0 amide bonds. The summed E-state index contributed by atoms with van der Waals surface area (Å²) in [5.74, 6) is 0. The van der Waals surface area contributed by atoms with Crippen molar-refractivity contribution in [3.05, 3.63) is 253 Å². The molecule has 1 atom stereocenters. The van der Waals surface area contributed by atoms with Crippen LogP contribution in [-0.2, 0) is 5.41 Å². The first-order valence-corrected chi connectivity index (χ1v) is 21.4. The van der Waals surface area contributed by atoms with Crippen molar-refractivity contribution in [2.24, 2.45) is 0 Å². The molecule has 1 aromatic heterocycles. The highest BCUT2D eigenvalue weighted by molar-refractivity contribution is 6.15. The molecular weight excluding hydrogens is 753 g/mol. The van der Waals surface area contributed by atoms with Crippen molar-refractivity contribution in [3.8, 4) is 22.3 Å². The van der Waals surface area contributed by atoms with Crippen molar-refractivity contribution < 1.29 is 4.42 Å². The molecule has 290 valence electrons. The van der Waals surface area contributed by atoms with Gasteiger partial charge in [0.05, 0.1) is 27.9 Å². The summed E-state index contributed by atoms with van der Waals surface area (Å²) in [6.45, 7) is 0. The molecule has 0 fully saturated rings. The van der Waals surface area contributed by atoms with Gasteiger partial charge in [0.15, 0.2) is 0 Å². The molecule has 1 heterocycles. The Bertz CT molecular complexity index is 3500. The van der Waals surface area contributed by atoms with Crippen molar-refractivity contribution in [1.82, 2.24) is 0 Å². The number of fused-ring (bicyclic) bond motifs is 15. The molecule has 0 aliphatic heterocycles. The number of hydrogen-bond acceptors (Lipinski definition) is 3. The molecule has 10 aromatic carbocycles. The van der Waals surface area contributed by atoms with Crippen LogP contribution >= 0.6 is 0 Å². The Balaban J connectivity index is 1.14. The molecule has 62 heavy (non-hydrogen) atoms. The van der Waals surface area contributed by atoms with Gasteiger partial charge in [-0.25, -0.2) is 0 Å². The number of furan rings is 1. The van der Waals surface area contributed by atoms with Crippen LogP contribution in [0.1, 0.15) is 22.3 Å². The minimum atomic E-state index is -0.590. The average Bonchev–Trinajstić information content (AvgIpc) is 3.98. The second-order valence-corrected chi connectivity index (χ2v) is 16.3. The lowest BCUT2D eigenvalue weighted by molar-refractivity contribution is 0.669. The normalized spacial score (nSPS) is 14.5. The van der Waals surface area contributed by atoms with E-state index in [0.717, 1.165) is 56.1 Å². The third kappa shape index (κ3) is 4.76. The third-order valence-electron chi connectivity index (χ3n) is 13.2. The molecule has 13 rings (SSSR count). The lowest BCUT2D eigenvalue weighted by atomic mass is 9.69. The number of para-hydroxylation sites is 4. The lowest BCUT2D eigenvalue weighted by Crippen LogP contribution is -2.26. The SMILES string of the molecule is c1ccc(N(c2ccccc2)c2cc3c(c4ccccc24)C2(c4ccccc4-3)c3ccccc3-c3c(N(c4ccccc4)c4cccc5oc6ccccc6c45)cccc32)cc1. The zero-order valence-electron chi connectivity index (χ0n) is 33.7. The maximum atomic E-state index is 6.51. The van der Waals surface area contributed by atoms with Crippen molar-refractivity contribution in [3.63, 3.8) is 0 Å². The van der Waals surface area contributed by atoms with Gasteiger partial charge in [0.1, 0.15) is 11.2 Å². The van der Waals surface area contributed by atoms with E-state index in [0.29, 0.717) is 0 Å². The molecule has 2 aliphatic carbocycles. The van der Waals surface area contributed by atoms with E-state index in [-0.39, 0.29) is 0 Å². The Morgan fingerprint density at radius 2 is 0.823 bits per heavy atom. The fourth-order valence-corrected chi connectivity index (χ4v) is 10.9. The molecule has 1 spiro atoms. The summed E-state index contributed by atoms with van der Waals surface area (Å²) in [5.41, 5.74) is 18.1. The van der Waals surface area contributed by atoms with Gasteiger partial charge in [-0.2, -0.15) is 0 Å². The van der Waals surface area contributed by atoms with Crippen molar-refractivity contribution >= 4 is 66.8 Å². The second kappa shape index (κ2) is 13.4. The van der Waals surface area contributed by atoms with Crippen LogP contribution in [0.4, 0.5) is 34.1 Å². The predicted octanol–water partition coefficient (Wildman–Crippen LogP) is 16.0. The number of anilines is 6. The fraction of sp³-hybridized carbons (Fsp3) is 0.0169. The summed E-state index contributed by atoms with van der Waals surface area (Å²) in [5, 5.41) is 4.65. The van der Waals surface area contributed by atoms with Gasteiger partial charge >= 0.3 is 0 Å². The zero-order valence-corrected chi connectivity index (χ0v) is 33.7. The summed E-state index contributed by atoms with van der Waals surface area (Å²) in [4.78, 5) is 4.88. The lowest BCUT2D eigenvalue weighted by Gasteiger charge is -2.33. The van der Waals surface area contributed by atoms with Crippen LogP contribution < -0.4 is 9.80 Å².